The number of halogens is 1. The number of nitrogens with zero attached hydrogens (tertiary/aromatic N) is 2. The number of ether oxygens (including phenoxy) is 1. The van der Waals surface area contributed by atoms with Gasteiger partial charge in [0, 0.05) is 35.6 Å². The number of benzene rings is 1. The number of hydrogen-bond donors (Lipinski definition) is 2. The van der Waals surface area contributed by atoms with Crippen molar-refractivity contribution in [2.45, 2.75) is 73.0 Å². The van der Waals surface area contributed by atoms with E-state index in [4.69, 9.17) is 21.5 Å². The van der Waals surface area contributed by atoms with Crippen molar-refractivity contribution in [3.8, 4) is 5.75 Å². The van der Waals surface area contributed by atoms with Crippen molar-refractivity contribution >= 4 is 43.2 Å². The molecule has 1 amide bonds. The number of nitrogens with one attached hydrogen (secondary N) is 1. The Kier molecular flexibility index (Phi) is 7.01. The van der Waals surface area contributed by atoms with Crippen molar-refractivity contribution < 1.29 is 26.4 Å². The predicted molar refractivity (Wildman–Crippen MR) is 135 cm³/mol. The largest absolute Gasteiger partial charge is 0.477 e. The number of aromatic nitrogens is 1. The summed E-state index contributed by atoms with van der Waals surface area (Å²) in [5.41, 5.74) is -1.34. The number of nitrogens with two attached hydrogens (primary N) is 1. The lowest BCUT2D eigenvalue weighted by Gasteiger charge is -2.40. The molecular formula is C23H29ClN4O6S2. The fraction of sp³-hybridized carbons (Fsp3) is 0.478. The predicted octanol–water partition coefficient (Wildman–Crippen LogP) is 2.26. The van der Waals surface area contributed by atoms with E-state index in [1.165, 1.54) is 30.5 Å². The Labute approximate surface area is 216 Å². The summed E-state index contributed by atoms with van der Waals surface area (Å²) in [6, 6.07) is 7.54. The molecule has 2 bridgehead atoms. The number of pyridine rings is 1. The van der Waals surface area contributed by atoms with Crippen molar-refractivity contribution in [1.29, 1.82) is 0 Å². The Morgan fingerprint density at radius 2 is 1.78 bits per heavy atom. The molecule has 2 aliphatic heterocycles. The summed E-state index contributed by atoms with van der Waals surface area (Å²) in [6.45, 7) is 3.17. The third kappa shape index (κ3) is 5.61. The SMILES string of the molecule is CC(C)(Oc1ccc(Cl)cc1S(C)(=O)=O)C(=O)N[C@H]1C[C@H]2CC[C@@H](C1)N2c1ccc(S(N)(=O)=O)cn1. The normalized spacial score (nSPS) is 22.4. The molecule has 3 N–H and O–H groups in total. The number of carbonyl (C=O) groups excluding carboxylic acids is 1. The van der Waals surface area contributed by atoms with Gasteiger partial charge in [0.2, 0.25) is 10.0 Å². The first kappa shape index (κ1) is 26.6. The van der Waals surface area contributed by atoms with Crippen LogP contribution >= 0.6 is 11.6 Å². The van der Waals surface area contributed by atoms with Gasteiger partial charge in [-0.25, -0.2) is 27.0 Å². The van der Waals surface area contributed by atoms with E-state index in [2.05, 4.69) is 15.2 Å². The molecule has 2 saturated heterocycles. The molecule has 0 radical (unpaired) electrons. The van der Waals surface area contributed by atoms with Crippen molar-refractivity contribution in [2.75, 3.05) is 11.2 Å². The van der Waals surface area contributed by atoms with Crippen LogP contribution in [0.1, 0.15) is 39.5 Å². The van der Waals surface area contributed by atoms with Crippen molar-refractivity contribution in [3.63, 3.8) is 0 Å². The summed E-state index contributed by atoms with van der Waals surface area (Å²) in [4.78, 5) is 19.6. The molecule has 2 fully saturated rings. The second kappa shape index (κ2) is 9.47. The number of sulfone groups is 1. The van der Waals surface area contributed by atoms with Crippen LogP contribution in [0.3, 0.4) is 0 Å². The van der Waals surface area contributed by atoms with E-state index in [9.17, 15) is 21.6 Å². The zero-order chi connectivity index (χ0) is 26.5. The highest BCUT2D eigenvalue weighted by Crippen LogP contribution is 2.39. The highest BCUT2D eigenvalue weighted by atomic mass is 35.5. The zero-order valence-electron chi connectivity index (χ0n) is 20.1. The first-order chi connectivity index (χ1) is 16.6. The van der Waals surface area contributed by atoms with Crippen molar-refractivity contribution in [2.24, 2.45) is 5.14 Å². The second-order valence-electron chi connectivity index (χ2n) is 9.81. The van der Waals surface area contributed by atoms with Crippen LogP contribution in [0.4, 0.5) is 5.82 Å². The van der Waals surface area contributed by atoms with Gasteiger partial charge in [0.1, 0.15) is 21.4 Å². The molecule has 4 rings (SSSR count). The molecule has 0 aliphatic carbocycles. The maximum absolute atomic E-state index is 13.2. The fourth-order valence-corrected chi connectivity index (χ4v) is 6.41. The quantitative estimate of drug-likeness (QED) is 0.527. The van der Waals surface area contributed by atoms with Crippen molar-refractivity contribution in [1.82, 2.24) is 10.3 Å². The molecule has 10 nitrogen and oxygen atoms in total. The standard InChI is InChI=1S/C23H29ClN4O6S2/c1-23(2,34-19-8-4-14(24)10-20(19)35(3,30)31)22(29)27-15-11-16-5-6-17(12-15)28(16)21-9-7-18(13-26-21)36(25,32)33/h4,7-10,13,15-17H,5-6,11-12H2,1-3H3,(H,27,29)(H2,25,32,33)/t15-,16+,17-. The maximum atomic E-state index is 13.2. The number of amides is 1. The smallest absolute Gasteiger partial charge is 0.263 e. The van der Waals surface area contributed by atoms with Gasteiger partial charge in [-0.1, -0.05) is 11.6 Å². The molecule has 196 valence electrons. The average molecular weight is 557 g/mol. The molecule has 0 unspecified atom stereocenters. The van der Waals surface area contributed by atoms with Gasteiger partial charge < -0.3 is 15.0 Å². The lowest BCUT2D eigenvalue weighted by Crippen LogP contribution is -2.55. The number of piperidine rings is 1. The number of hydrogen-bond acceptors (Lipinski definition) is 8. The van der Waals surface area contributed by atoms with Gasteiger partial charge in [0.15, 0.2) is 15.4 Å². The molecule has 2 aliphatic rings. The first-order valence-corrected chi connectivity index (χ1v) is 15.2. The van der Waals surface area contributed by atoms with Gasteiger partial charge in [0.05, 0.1) is 0 Å². The topological polar surface area (TPSA) is 149 Å². The lowest BCUT2D eigenvalue weighted by atomic mass is 9.96. The Balaban J connectivity index is 1.44. The Hall–Kier alpha value is -2.41. The minimum atomic E-state index is -3.81. The van der Waals surface area contributed by atoms with E-state index < -0.39 is 25.5 Å². The van der Waals surface area contributed by atoms with Gasteiger partial charge in [0.25, 0.3) is 5.91 Å². The first-order valence-electron chi connectivity index (χ1n) is 11.4. The van der Waals surface area contributed by atoms with Gasteiger partial charge in [-0.05, 0) is 69.9 Å². The monoisotopic (exact) mass is 556 g/mol. The van der Waals surface area contributed by atoms with Crippen LogP contribution in [0.25, 0.3) is 0 Å². The molecule has 0 saturated carbocycles. The van der Waals surface area contributed by atoms with Crippen LogP contribution in [0.2, 0.25) is 5.02 Å². The van der Waals surface area contributed by atoms with Gasteiger partial charge in [-0.3, -0.25) is 4.79 Å². The molecule has 0 spiro atoms. The number of primary sulfonamides is 1. The van der Waals surface area contributed by atoms with Gasteiger partial charge >= 0.3 is 0 Å². The molecule has 3 heterocycles. The summed E-state index contributed by atoms with van der Waals surface area (Å²) < 4.78 is 53.3. The summed E-state index contributed by atoms with van der Waals surface area (Å²) >= 11 is 5.96. The van der Waals surface area contributed by atoms with Crippen LogP contribution in [-0.2, 0) is 24.7 Å². The van der Waals surface area contributed by atoms with E-state index in [0.29, 0.717) is 18.7 Å². The number of fused-ring (bicyclic) bond motifs is 2. The van der Waals surface area contributed by atoms with E-state index in [1.807, 2.05) is 0 Å². The molecule has 2 aromatic rings. The van der Waals surface area contributed by atoms with E-state index in [0.717, 1.165) is 19.1 Å². The number of carbonyl (C=O) groups is 1. The van der Waals surface area contributed by atoms with Crippen LogP contribution in [0.5, 0.6) is 5.75 Å². The molecule has 13 heteroatoms. The number of anilines is 1. The Morgan fingerprint density at radius 1 is 1.14 bits per heavy atom. The highest BCUT2D eigenvalue weighted by molar-refractivity contribution is 7.90. The van der Waals surface area contributed by atoms with Gasteiger partial charge in [-0.2, -0.15) is 0 Å². The fourth-order valence-electron chi connectivity index (χ4n) is 4.90. The maximum Gasteiger partial charge on any atom is 0.263 e. The average Bonchev–Trinajstić information content (AvgIpc) is 3.04. The van der Waals surface area contributed by atoms with Crippen LogP contribution < -0.4 is 20.1 Å². The molecule has 1 aromatic heterocycles. The van der Waals surface area contributed by atoms with Crippen molar-refractivity contribution in [3.05, 3.63) is 41.6 Å². The summed E-state index contributed by atoms with van der Waals surface area (Å²) in [6.07, 6.45) is 5.55. The minimum Gasteiger partial charge on any atom is -0.477 e. The Bertz CT molecular complexity index is 1370. The Morgan fingerprint density at radius 3 is 2.31 bits per heavy atom. The number of sulfonamides is 1. The summed E-state index contributed by atoms with van der Waals surface area (Å²) in [5.74, 6) is 0.385. The molecule has 3 atom stereocenters. The summed E-state index contributed by atoms with van der Waals surface area (Å²) in [7, 11) is -7.44. The lowest BCUT2D eigenvalue weighted by molar-refractivity contribution is -0.135. The van der Waals surface area contributed by atoms with Gasteiger partial charge in [-0.15, -0.1) is 0 Å². The van der Waals surface area contributed by atoms with Crippen LogP contribution in [0.15, 0.2) is 46.3 Å². The van der Waals surface area contributed by atoms with E-state index >= 15 is 0 Å². The zero-order valence-corrected chi connectivity index (χ0v) is 22.5. The third-order valence-corrected chi connectivity index (χ3v) is 8.85. The van der Waals surface area contributed by atoms with Crippen LogP contribution in [0, 0.1) is 0 Å². The third-order valence-electron chi connectivity index (χ3n) is 6.60. The van der Waals surface area contributed by atoms with E-state index in [1.54, 1.807) is 19.9 Å². The number of rotatable bonds is 7. The second-order valence-corrected chi connectivity index (χ2v) is 13.8. The molecular weight excluding hydrogens is 528 g/mol. The van der Waals surface area contributed by atoms with E-state index in [-0.39, 0.29) is 44.6 Å². The molecule has 36 heavy (non-hydrogen) atoms. The molecule has 1 aromatic carbocycles. The highest BCUT2D eigenvalue weighted by Gasteiger charge is 2.43. The van der Waals surface area contributed by atoms with Crippen LogP contribution in [-0.4, -0.2) is 57.7 Å². The minimum absolute atomic E-state index is 0.0392. The summed E-state index contributed by atoms with van der Waals surface area (Å²) in [5, 5.41) is 8.49.